The third kappa shape index (κ3) is 6.51. The molecule has 0 aliphatic carbocycles. The number of hydrogen-bond acceptors (Lipinski definition) is 3. The van der Waals surface area contributed by atoms with Crippen LogP contribution in [-0.2, 0) is 11.2 Å². The van der Waals surface area contributed by atoms with Gasteiger partial charge in [0.2, 0.25) is 0 Å². The SMILES string of the molecule is CN=C(NCCc1cc2ccccc2o1)NCC(OC)C(C)(C)C.I. The van der Waals surface area contributed by atoms with Crippen LogP contribution in [0.4, 0.5) is 0 Å². The molecule has 140 valence electrons. The summed E-state index contributed by atoms with van der Waals surface area (Å²) >= 11 is 0. The van der Waals surface area contributed by atoms with Gasteiger partial charge < -0.3 is 19.8 Å². The Bertz CT molecular complexity index is 644. The molecule has 0 saturated carbocycles. The normalized spacial score (nSPS) is 13.4. The van der Waals surface area contributed by atoms with Crippen LogP contribution in [0.1, 0.15) is 26.5 Å². The molecule has 0 aliphatic rings. The Hall–Kier alpha value is -1.28. The van der Waals surface area contributed by atoms with Crippen molar-refractivity contribution in [3.63, 3.8) is 0 Å². The van der Waals surface area contributed by atoms with Gasteiger partial charge in [0.1, 0.15) is 11.3 Å². The fourth-order valence-corrected chi connectivity index (χ4v) is 2.62. The number of furan rings is 1. The van der Waals surface area contributed by atoms with Crippen molar-refractivity contribution in [3.05, 3.63) is 36.1 Å². The maximum absolute atomic E-state index is 5.82. The standard InChI is InChI=1S/C19H29N3O2.HI/c1-19(2,3)17(23-5)13-22-18(20-4)21-11-10-15-12-14-8-6-7-9-16(14)24-15;/h6-9,12,17H,10-11,13H2,1-5H3,(H2,20,21,22);1H. The molecule has 0 amide bonds. The average molecular weight is 459 g/mol. The molecule has 1 aromatic carbocycles. The van der Waals surface area contributed by atoms with E-state index < -0.39 is 0 Å². The first kappa shape index (κ1) is 21.8. The summed E-state index contributed by atoms with van der Waals surface area (Å²) < 4.78 is 11.4. The van der Waals surface area contributed by atoms with Crippen molar-refractivity contribution in [3.8, 4) is 0 Å². The molecule has 5 nitrogen and oxygen atoms in total. The molecule has 0 fully saturated rings. The summed E-state index contributed by atoms with van der Waals surface area (Å²) in [6.45, 7) is 7.97. The minimum absolute atomic E-state index is 0. The van der Waals surface area contributed by atoms with Crippen LogP contribution in [0.15, 0.2) is 39.7 Å². The second-order valence-electron chi connectivity index (χ2n) is 6.97. The third-order valence-corrected chi connectivity index (χ3v) is 4.07. The topological polar surface area (TPSA) is 58.8 Å². The highest BCUT2D eigenvalue weighted by Crippen LogP contribution is 2.21. The first-order chi connectivity index (χ1) is 11.4. The van der Waals surface area contributed by atoms with E-state index >= 15 is 0 Å². The summed E-state index contributed by atoms with van der Waals surface area (Å²) in [5, 5.41) is 7.78. The third-order valence-electron chi connectivity index (χ3n) is 4.07. The van der Waals surface area contributed by atoms with Gasteiger partial charge in [-0.25, -0.2) is 0 Å². The lowest BCUT2D eigenvalue weighted by Crippen LogP contribution is -2.45. The summed E-state index contributed by atoms with van der Waals surface area (Å²) in [5.74, 6) is 1.75. The largest absolute Gasteiger partial charge is 0.461 e. The Kier molecular flexibility index (Phi) is 8.71. The van der Waals surface area contributed by atoms with Crippen LogP contribution >= 0.6 is 24.0 Å². The molecular weight excluding hydrogens is 429 g/mol. The fourth-order valence-electron chi connectivity index (χ4n) is 2.62. The minimum Gasteiger partial charge on any atom is -0.461 e. The Morgan fingerprint density at radius 3 is 2.56 bits per heavy atom. The first-order valence-electron chi connectivity index (χ1n) is 8.39. The number of guanidine groups is 1. The van der Waals surface area contributed by atoms with Gasteiger partial charge in [0.25, 0.3) is 0 Å². The van der Waals surface area contributed by atoms with Gasteiger partial charge in [-0.2, -0.15) is 0 Å². The lowest BCUT2D eigenvalue weighted by atomic mass is 9.89. The van der Waals surface area contributed by atoms with E-state index in [1.165, 1.54) is 0 Å². The van der Waals surface area contributed by atoms with Crippen LogP contribution in [0.5, 0.6) is 0 Å². The van der Waals surface area contributed by atoms with Crippen molar-refractivity contribution in [2.24, 2.45) is 10.4 Å². The molecule has 1 heterocycles. The van der Waals surface area contributed by atoms with Crippen molar-refractivity contribution in [2.75, 3.05) is 27.2 Å². The van der Waals surface area contributed by atoms with Gasteiger partial charge in [0, 0.05) is 39.1 Å². The molecule has 25 heavy (non-hydrogen) atoms. The van der Waals surface area contributed by atoms with Gasteiger partial charge in [-0.3, -0.25) is 4.99 Å². The van der Waals surface area contributed by atoms with E-state index in [9.17, 15) is 0 Å². The number of hydrogen-bond donors (Lipinski definition) is 2. The zero-order chi connectivity index (χ0) is 17.6. The van der Waals surface area contributed by atoms with E-state index in [2.05, 4.69) is 48.5 Å². The van der Waals surface area contributed by atoms with Crippen LogP contribution in [-0.4, -0.2) is 39.3 Å². The second kappa shape index (κ2) is 10.0. The van der Waals surface area contributed by atoms with Crippen molar-refractivity contribution < 1.29 is 9.15 Å². The first-order valence-corrected chi connectivity index (χ1v) is 8.39. The fraction of sp³-hybridized carbons (Fsp3) is 0.526. The van der Waals surface area contributed by atoms with Crippen LogP contribution in [0.2, 0.25) is 0 Å². The van der Waals surface area contributed by atoms with Crippen LogP contribution in [0, 0.1) is 5.41 Å². The van der Waals surface area contributed by atoms with E-state index in [0.29, 0.717) is 6.54 Å². The van der Waals surface area contributed by atoms with E-state index in [1.807, 2.05) is 18.2 Å². The van der Waals surface area contributed by atoms with E-state index in [4.69, 9.17) is 9.15 Å². The van der Waals surface area contributed by atoms with Crippen molar-refractivity contribution in [1.82, 2.24) is 10.6 Å². The molecule has 1 atom stereocenters. The Morgan fingerprint density at radius 2 is 1.96 bits per heavy atom. The van der Waals surface area contributed by atoms with E-state index in [-0.39, 0.29) is 35.5 Å². The number of methoxy groups -OCH3 is 1. The summed E-state index contributed by atoms with van der Waals surface area (Å²) in [4.78, 5) is 4.26. The van der Waals surface area contributed by atoms with Gasteiger partial charge in [-0.15, -0.1) is 24.0 Å². The highest BCUT2D eigenvalue weighted by atomic mass is 127. The number of halogens is 1. The lowest BCUT2D eigenvalue weighted by Gasteiger charge is -2.30. The highest BCUT2D eigenvalue weighted by molar-refractivity contribution is 14.0. The lowest BCUT2D eigenvalue weighted by molar-refractivity contribution is 0.0205. The number of nitrogens with zero attached hydrogens (tertiary/aromatic N) is 1. The maximum atomic E-state index is 5.82. The van der Waals surface area contributed by atoms with Crippen LogP contribution < -0.4 is 10.6 Å². The molecular formula is C19H30IN3O2. The summed E-state index contributed by atoms with van der Waals surface area (Å²) in [6.07, 6.45) is 0.925. The number of ether oxygens (including phenoxy) is 1. The van der Waals surface area contributed by atoms with Crippen molar-refractivity contribution in [2.45, 2.75) is 33.3 Å². The highest BCUT2D eigenvalue weighted by Gasteiger charge is 2.24. The van der Waals surface area contributed by atoms with E-state index in [0.717, 1.165) is 35.7 Å². The van der Waals surface area contributed by atoms with Crippen LogP contribution in [0.3, 0.4) is 0 Å². The van der Waals surface area contributed by atoms with Gasteiger partial charge in [0.05, 0.1) is 6.10 Å². The Balaban J connectivity index is 0.00000312. The number of fused-ring (bicyclic) bond motifs is 1. The summed E-state index contributed by atoms with van der Waals surface area (Å²) in [5.41, 5.74) is 1.01. The summed E-state index contributed by atoms with van der Waals surface area (Å²) in [7, 11) is 3.52. The van der Waals surface area contributed by atoms with Gasteiger partial charge >= 0.3 is 0 Å². The predicted molar refractivity (Wildman–Crippen MR) is 115 cm³/mol. The Morgan fingerprint density at radius 1 is 1.24 bits per heavy atom. The number of nitrogens with one attached hydrogen (secondary N) is 2. The van der Waals surface area contributed by atoms with Gasteiger partial charge in [-0.05, 0) is 17.5 Å². The number of aliphatic imine (C=N–C) groups is 1. The number of benzene rings is 1. The smallest absolute Gasteiger partial charge is 0.191 e. The zero-order valence-electron chi connectivity index (χ0n) is 15.8. The average Bonchev–Trinajstić information content (AvgIpc) is 2.95. The number of para-hydroxylation sites is 1. The molecule has 2 aromatic rings. The molecule has 1 unspecified atom stereocenters. The molecule has 1 aromatic heterocycles. The minimum atomic E-state index is 0. The Labute approximate surface area is 167 Å². The van der Waals surface area contributed by atoms with Gasteiger partial charge in [-0.1, -0.05) is 39.0 Å². The predicted octanol–water partition coefficient (Wildman–Crippen LogP) is 3.82. The number of rotatable bonds is 6. The molecule has 0 aliphatic heterocycles. The van der Waals surface area contributed by atoms with E-state index in [1.54, 1.807) is 14.2 Å². The molecule has 0 radical (unpaired) electrons. The molecule has 2 rings (SSSR count). The van der Waals surface area contributed by atoms with Crippen molar-refractivity contribution >= 4 is 40.9 Å². The monoisotopic (exact) mass is 459 g/mol. The van der Waals surface area contributed by atoms with Gasteiger partial charge in [0.15, 0.2) is 5.96 Å². The molecule has 0 bridgehead atoms. The van der Waals surface area contributed by atoms with Crippen LogP contribution in [0.25, 0.3) is 11.0 Å². The molecule has 6 heteroatoms. The molecule has 0 spiro atoms. The molecule has 0 saturated heterocycles. The quantitative estimate of drug-likeness (QED) is 0.392. The van der Waals surface area contributed by atoms with Crippen molar-refractivity contribution in [1.29, 1.82) is 0 Å². The zero-order valence-corrected chi connectivity index (χ0v) is 18.1. The maximum Gasteiger partial charge on any atom is 0.191 e. The second-order valence-corrected chi connectivity index (χ2v) is 6.97. The summed E-state index contributed by atoms with van der Waals surface area (Å²) in [6, 6.07) is 10.2. The molecule has 2 N–H and O–H groups in total.